The molecule has 0 saturated heterocycles. The molecule has 0 spiro atoms. The fraction of sp³-hybridized carbons (Fsp3) is 0.462. The van der Waals surface area contributed by atoms with Crippen LogP contribution in [0.5, 0.6) is 0 Å². The summed E-state index contributed by atoms with van der Waals surface area (Å²) >= 11 is 6.08. The van der Waals surface area contributed by atoms with Gasteiger partial charge in [0.15, 0.2) is 0 Å². The Morgan fingerprint density at radius 3 is 2.63 bits per heavy atom. The second kappa shape index (κ2) is 9.15. The Kier molecular flexibility index (Phi) is 8.76. The highest BCUT2D eigenvalue weighted by Crippen LogP contribution is 2.17. The molecule has 0 heterocycles. The molecule has 0 fully saturated rings. The van der Waals surface area contributed by atoms with Gasteiger partial charge in [0.05, 0.1) is 6.61 Å². The van der Waals surface area contributed by atoms with Crippen molar-refractivity contribution in [2.45, 2.75) is 19.5 Å². The van der Waals surface area contributed by atoms with Crippen LogP contribution in [-0.2, 0) is 16.1 Å². The van der Waals surface area contributed by atoms with E-state index in [2.05, 4.69) is 0 Å². The summed E-state index contributed by atoms with van der Waals surface area (Å²) in [5.74, 6) is -0.126. The number of nitrogens with two attached hydrogens (primary N) is 1. The third-order valence-electron chi connectivity index (χ3n) is 2.68. The second-order valence-electron chi connectivity index (χ2n) is 4.01. The van der Waals surface area contributed by atoms with Crippen LogP contribution in [-0.4, -0.2) is 37.1 Å². The van der Waals surface area contributed by atoms with Gasteiger partial charge in [-0.3, -0.25) is 4.79 Å². The molecule has 0 aliphatic rings. The van der Waals surface area contributed by atoms with E-state index in [0.29, 0.717) is 18.1 Å². The summed E-state index contributed by atoms with van der Waals surface area (Å²) in [6.07, 6.45) is 0. The Balaban J connectivity index is 0.00000324. The number of amides is 1. The quantitative estimate of drug-likeness (QED) is 0.875. The average molecular weight is 307 g/mol. The van der Waals surface area contributed by atoms with E-state index >= 15 is 0 Å². The van der Waals surface area contributed by atoms with Crippen LogP contribution in [0.4, 0.5) is 0 Å². The van der Waals surface area contributed by atoms with E-state index in [9.17, 15) is 4.79 Å². The molecule has 0 bridgehead atoms. The number of halogens is 2. The van der Waals surface area contributed by atoms with E-state index in [1.54, 1.807) is 4.90 Å². The van der Waals surface area contributed by atoms with Crippen LogP contribution < -0.4 is 5.73 Å². The molecule has 0 aliphatic carbocycles. The van der Waals surface area contributed by atoms with Crippen molar-refractivity contribution < 1.29 is 9.53 Å². The highest BCUT2D eigenvalue weighted by Gasteiger charge is 2.20. The first-order chi connectivity index (χ1) is 8.60. The van der Waals surface area contributed by atoms with Crippen molar-refractivity contribution >= 4 is 29.9 Å². The van der Waals surface area contributed by atoms with Gasteiger partial charge >= 0.3 is 0 Å². The molecule has 6 heteroatoms. The third-order valence-corrected chi connectivity index (χ3v) is 3.04. The lowest BCUT2D eigenvalue weighted by molar-refractivity contribution is -0.134. The monoisotopic (exact) mass is 306 g/mol. The van der Waals surface area contributed by atoms with Crippen molar-refractivity contribution in [2.75, 3.05) is 20.3 Å². The number of methoxy groups -OCH3 is 1. The summed E-state index contributed by atoms with van der Waals surface area (Å²) in [6.45, 7) is 3.18. The number of likely N-dealkylation sites (N-methyl/N-ethyl adjacent to an activating group) is 1. The smallest absolute Gasteiger partial charge is 0.242 e. The largest absolute Gasteiger partial charge is 0.383 e. The molecule has 108 valence electrons. The first kappa shape index (κ1) is 18.2. The molecule has 1 aromatic carbocycles. The number of benzene rings is 1. The number of carbonyl (C=O) groups excluding carboxylic acids is 1. The van der Waals surface area contributed by atoms with Crippen LogP contribution in [0, 0.1) is 0 Å². The predicted molar refractivity (Wildman–Crippen MR) is 79.6 cm³/mol. The molecule has 19 heavy (non-hydrogen) atoms. The summed E-state index contributed by atoms with van der Waals surface area (Å²) in [7, 11) is 1.53. The van der Waals surface area contributed by atoms with Gasteiger partial charge < -0.3 is 15.4 Å². The number of nitrogens with zero attached hydrogens (tertiary/aromatic N) is 1. The van der Waals surface area contributed by atoms with Gasteiger partial charge in [0.1, 0.15) is 6.04 Å². The van der Waals surface area contributed by atoms with Crippen molar-refractivity contribution in [3.8, 4) is 0 Å². The van der Waals surface area contributed by atoms with Crippen molar-refractivity contribution in [1.82, 2.24) is 4.90 Å². The summed E-state index contributed by atoms with van der Waals surface area (Å²) in [4.78, 5) is 13.7. The number of hydrogen-bond donors (Lipinski definition) is 1. The minimum atomic E-state index is -0.627. The number of hydrogen-bond acceptors (Lipinski definition) is 3. The van der Waals surface area contributed by atoms with Gasteiger partial charge in [-0.25, -0.2) is 0 Å². The van der Waals surface area contributed by atoms with Crippen molar-refractivity contribution in [2.24, 2.45) is 5.73 Å². The highest BCUT2D eigenvalue weighted by atomic mass is 35.5. The van der Waals surface area contributed by atoms with Crippen LogP contribution >= 0.6 is 24.0 Å². The van der Waals surface area contributed by atoms with Crippen LogP contribution in [0.25, 0.3) is 0 Å². The van der Waals surface area contributed by atoms with Gasteiger partial charge in [-0.2, -0.15) is 0 Å². The summed E-state index contributed by atoms with van der Waals surface area (Å²) < 4.78 is 4.89. The molecule has 1 unspecified atom stereocenters. The van der Waals surface area contributed by atoms with Crippen LogP contribution in [0.15, 0.2) is 24.3 Å². The Morgan fingerprint density at radius 2 is 2.11 bits per heavy atom. The molecule has 0 aliphatic heterocycles. The van der Waals surface area contributed by atoms with Crippen molar-refractivity contribution in [3.63, 3.8) is 0 Å². The predicted octanol–water partition coefficient (Wildman–Crippen LogP) is 2.08. The van der Waals surface area contributed by atoms with Crippen molar-refractivity contribution in [1.29, 1.82) is 0 Å². The Morgan fingerprint density at radius 1 is 1.47 bits per heavy atom. The minimum absolute atomic E-state index is 0. The molecule has 1 amide bonds. The Labute approximate surface area is 125 Å². The number of carbonyl (C=O) groups is 1. The molecular formula is C13H20Cl2N2O2. The molecule has 4 nitrogen and oxygen atoms in total. The van der Waals surface area contributed by atoms with E-state index in [1.165, 1.54) is 7.11 Å². The molecule has 1 rings (SSSR count). The van der Waals surface area contributed by atoms with E-state index in [0.717, 1.165) is 5.56 Å². The maximum absolute atomic E-state index is 12.1. The normalized spacial score (nSPS) is 11.6. The zero-order valence-corrected chi connectivity index (χ0v) is 12.7. The van der Waals surface area contributed by atoms with Crippen LogP contribution in [0.3, 0.4) is 0 Å². The van der Waals surface area contributed by atoms with Gasteiger partial charge in [0.25, 0.3) is 0 Å². The van der Waals surface area contributed by atoms with Gasteiger partial charge in [0.2, 0.25) is 5.91 Å². The zero-order chi connectivity index (χ0) is 13.5. The van der Waals surface area contributed by atoms with Crippen LogP contribution in [0.1, 0.15) is 12.5 Å². The SMILES string of the molecule is CCN(Cc1ccccc1Cl)C(=O)C(N)COC.Cl. The van der Waals surface area contributed by atoms with E-state index in [4.69, 9.17) is 22.1 Å². The lowest BCUT2D eigenvalue weighted by Crippen LogP contribution is -2.45. The Hall–Kier alpha value is -0.810. The zero-order valence-electron chi connectivity index (χ0n) is 11.1. The van der Waals surface area contributed by atoms with E-state index in [-0.39, 0.29) is 24.9 Å². The fourth-order valence-corrected chi connectivity index (χ4v) is 1.86. The average Bonchev–Trinajstić information content (AvgIpc) is 2.37. The second-order valence-corrected chi connectivity index (χ2v) is 4.41. The fourth-order valence-electron chi connectivity index (χ4n) is 1.66. The number of rotatable bonds is 6. The first-order valence-electron chi connectivity index (χ1n) is 5.86. The Bertz CT molecular complexity index is 402. The summed E-state index contributed by atoms with van der Waals surface area (Å²) in [6, 6.07) is 6.84. The molecule has 0 radical (unpaired) electrons. The molecule has 0 saturated carbocycles. The van der Waals surface area contributed by atoms with Crippen molar-refractivity contribution in [3.05, 3.63) is 34.9 Å². The van der Waals surface area contributed by atoms with E-state index in [1.807, 2.05) is 31.2 Å². The number of ether oxygens (including phenoxy) is 1. The molecule has 0 aromatic heterocycles. The maximum Gasteiger partial charge on any atom is 0.242 e. The van der Waals surface area contributed by atoms with Gasteiger partial charge in [0, 0.05) is 25.2 Å². The topological polar surface area (TPSA) is 55.6 Å². The standard InChI is InChI=1S/C13H19ClN2O2.ClH/c1-3-16(13(17)12(15)9-18-2)8-10-6-4-5-7-11(10)14;/h4-7,12H,3,8-9,15H2,1-2H3;1H. The highest BCUT2D eigenvalue weighted by molar-refractivity contribution is 6.31. The molecule has 1 atom stereocenters. The summed E-state index contributed by atoms with van der Waals surface area (Å²) in [5, 5.41) is 0.657. The molecule has 1 aromatic rings. The lowest BCUT2D eigenvalue weighted by Gasteiger charge is -2.24. The lowest BCUT2D eigenvalue weighted by atomic mass is 10.2. The first-order valence-corrected chi connectivity index (χ1v) is 6.24. The minimum Gasteiger partial charge on any atom is -0.383 e. The van der Waals surface area contributed by atoms with Gasteiger partial charge in [-0.15, -0.1) is 12.4 Å². The summed E-state index contributed by atoms with van der Waals surface area (Å²) in [5.41, 5.74) is 6.66. The molecular weight excluding hydrogens is 287 g/mol. The third kappa shape index (κ3) is 5.37. The molecule has 2 N–H and O–H groups in total. The maximum atomic E-state index is 12.1. The van der Waals surface area contributed by atoms with Crippen LogP contribution in [0.2, 0.25) is 5.02 Å². The van der Waals surface area contributed by atoms with Gasteiger partial charge in [-0.1, -0.05) is 29.8 Å². The van der Waals surface area contributed by atoms with Gasteiger partial charge in [-0.05, 0) is 18.6 Å². The van der Waals surface area contributed by atoms with E-state index < -0.39 is 6.04 Å².